The van der Waals surface area contributed by atoms with E-state index in [1.54, 1.807) is 22.8 Å². The molecule has 3 saturated heterocycles. The number of anilines is 2. The zero-order chi connectivity index (χ0) is 29.7. The number of aliphatic hydroxyl groups is 1. The number of fused-ring (bicyclic) bond motifs is 1. The highest BCUT2D eigenvalue weighted by Crippen LogP contribution is 2.60. The Hall–Kier alpha value is -2.43. The summed E-state index contributed by atoms with van der Waals surface area (Å²) in [5, 5.41) is 9.17. The zero-order valence-electron chi connectivity index (χ0n) is 24.5. The van der Waals surface area contributed by atoms with Crippen molar-refractivity contribution in [2.24, 2.45) is 11.8 Å². The van der Waals surface area contributed by atoms with Crippen LogP contribution >= 0.6 is 15.9 Å². The first-order chi connectivity index (χ1) is 19.8. The normalized spacial score (nSPS) is 28.1. The van der Waals surface area contributed by atoms with Gasteiger partial charge in [-0.3, -0.25) is 14.4 Å². The zero-order valence-corrected chi connectivity index (χ0v) is 26.1. The maximum Gasteiger partial charge on any atom is 0.312 e. The van der Waals surface area contributed by atoms with Crippen molar-refractivity contribution in [1.82, 2.24) is 4.90 Å². The van der Waals surface area contributed by atoms with Crippen molar-refractivity contribution >= 4 is 45.1 Å². The Morgan fingerprint density at radius 3 is 2.41 bits per heavy atom. The van der Waals surface area contributed by atoms with Crippen molar-refractivity contribution in [3.63, 3.8) is 0 Å². The molecule has 3 unspecified atom stereocenters. The molecule has 3 fully saturated rings. The Bertz CT molecular complexity index is 1100. The first-order valence-electron chi connectivity index (χ1n) is 15.0. The summed E-state index contributed by atoms with van der Waals surface area (Å²) in [5.41, 5.74) is 0.655. The molecule has 0 aliphatic carbocycles. The first-order valence-corrected chi connectivity index (χ1v) is 15.9. The van der Waals surface area contributed by atoms with Gasteiger partial charge in [0.1, 0.15) is 11.6 Å². The van der Waals surface area contributed by atoms with E-state index in [1.807, 2.05) is 24.3 Å². The molecule has 1 spiro atoms. The molecular formula is C31H44BrN3O6. The predicted molar refractivity (Wildman–Crippen MR) is 162 cm³/mol. The number of rotatable bonds is 15. The number of carbonyl (C=O) groups excluding carboxylic acids is 3. The molecule has 41 heavy (non-hydrogen) atoms. The fourth-order valence-electron chi connectivity index (χ4n) is 6.94. The average Bonchev–Trinajstić information content (AvgIpc) is 3.56. The number of benzene rings is 1. The highest BCUT2D eigenvalue weighted by Gasteiger charge is 2.77. The molecule has 0 saturated carbocycles. The van der Waals surface area contributed by atoms with Crippen molar-refractivity contribution in [2.45, 2.75) is 75.4 Å². The van der Waals surface area contributed by atoms with Gasteiger partial charge in [-0.15, -0.1) is 6.58 Å². The number of hydrogen-bond acceptors (Lipinski definition) is 7. The van der Waals surface area contributed by atoms with Crippen LogP contribution in [0.2, 0.25) is 0 Å². The number of halogens is 1. The quantitative estimate of drug-likeness (QED) is 0.135. The summed E-state index contributed by atoms with van der Waals surface area (Å²) in [6, 6.07) is 7.00. The lowest BCUT2D eigenvalue weighted by Gasteiger charge is -2.37. The minimum absolute atomic E-state index is 0.127. The van der Waals surface area contributed by atoms with Crippen LogP contribution in [0.15, 0.2) is 36.9 Å². The van der Waals surface area contributed by atoms with Gasteiger partial charge in [0.15, 0.2) is 0 Å². The molecule has 0 radical (unpaired) electrons. The largest absolute Gasteiger partial charge is 0.466 e. The molecule has 10 heteroatoms. The van der Waals surface area contributed by atoms with Crippen molar-refractivity contribution in [1.29, 1.82) is 0 Å². The Morgan fingerprint density at radius 2 is 1.80 bits per heavy atom. The van der Waals surface area contributed by atoms with Crippen LogP contribution in [0.3, 0.4) is 0 Å². The number of likely N-dealkylation sites (tertiary alicyclic amines) is 1. The van der Waals surface area contributed by atoms with Crippen LogP contribution in [0.25, 0.3) is 0 Å². The van der Waals surface area contributed by atoms with E-state index in [2.05, 4.69) is 41.3 Å². The lowest BCUT2D eigenvalue weighted by molar-refractivity contribution is -0.154. The number of alkyl halides is 1. The van der Waals surface area contributed by atoms with Crippen LogP contribution in [0, 0.1) is 11.8 Å². The number of esters is 1. The fourth-order valence-corrected chi connectivity index (χ4v) is 7.88. The number of amides is 2. The minimum Gasteiger partial charge on any atom is -0.466 e. The number of ether oxygens (including phenoxy) is 2. The van der Waals surface area contributed by atoms with Gasteiger partial charge in [0, 0.05) is 49.0 Å². The predicted octanol–water partition coefficient (Wildman–Crippen LogP) is 3.92. The van der Waals surface area contributed by atoms with E-state index in [-0.39, 0.29) is 36.4 Å². The Labute approximate surface area is 252 Å². The number of hydrogen-bond donors (Lipinski definition) is 1. The van der Waals surface area contributed by atoms with Gasteiger partial charge in [0.2, 0.25) is 5.91 Å². The van der Waals surface area contributed by atoms with Crippen LogP contribution in [-0.2, 0) is 23.9 Å². The van der Waals surface area contributed by atoms with Crippen LogP contribution in [0.4, 0.5) is 11.4 Å². The molecule has 3 heterocycles. The minimum atomic E-state index is -1.13. The molecule has 9 nitrogen and oxygen atoms in total. The molecule has 0 aromatic heterocycles. The maximum atomic E-state index is 14.6. The number of aliphatic hydroxyl groups excluding tert-OH is 1. The summed E-state index contributed by atoms with van der Waals surface area (Å²) in [6.07, 6.45) is 4.63. The van der Waals surface area contributed by atoms with Gasteiger partial charge in [-0.05, 0) is 64.3 Å². The third-order valence-electron chi connectivity index (χ3n) is 8.76. The van der Waals surface area contributed by atoms with Crippen LogP contribution in [-0.4, -0.2) is 89.8 Å². The summed E-state index contributed by atoms with van der Waals surface area (Å²) in [5.74, 6) is -2.45. The van der Waals surface area contributed by atoms with E-state index in [4.69, 9.17) is 14.6 Å². The monoisotopic (exact) mass is 633 g/mol. The van der Waals surface area contributed by atoms with Crippen molar-refractivity contribution in [3.8, 4) is 0 Å². The molecule has 3 aliphatic heterocycles. The van der Waals surface area contributed by atoms with Crippen LogP contribution in [0.5, 0.6) is 0 Å². The van der Waals surface area contributed by atoms with Gasteiger partial charge in [-0.25, -0.2) is 0 Å². The van der Waals surface area contributed by atoms with Gasteiger partial charge < -0.3 is 29.3 Å². The number of nitrogens with zero attached hydrogens (tertiary/aromatic N) is 3. The second-order valence-corrected chi connectivity index (χ2v) is 12.2. The first kappa shape index (κ1) is 31.5. The van der Waals surface area contributed by atoms with E-state index >= 15 is 0 Å². The third-order valence-corrected chi connectivity index (χ3v) is 9.60. The SMILES string of the molecule is C=CCN(C(=O)C1N(CCCCCCO)C(=O)[C@@H]2[C@@H](C(=O)OCC)[C@@H]3OC12CC3Br)c1ccc(N(CC)CC)cc1. The molecule has 1 aromatic carbocycles. The smallest absolute Gasteiger partial charge is 0.312 e. The average molecular weight is 635 g/mol. The third kappa shape index (κ3) is 5.79. The van der Waals surface area contributed by atoms with E-state index in [0.717, 1.165) is 31.6 Å². The van der Waals surface area contributed by atoms with E-state index < -0.39 is 35.6 Å². The summed E-state index contributed by atoms with van der Waals surface area (Å²) in [4.78, 5) is 47.3. The maximum absolute atomic E-state index is 14.6. The summed E-state index contributed by atoms with van der Waals surface area (Å²) < 4.78 is 12.0. The van der Waals surface area contributed by atoms with Crippen LogP contribution in [0.1, 0.15) is 52.9 Å². The second-order valence-electron chi connectivity index (χ2n) is 11.0. The van der Waals surface area contributed by atoms with Gasteiger partial charge in [0.05, 0.1) is 24.5 Å². The molecule has 226 valence electrons. The molecule has 1 N–H and O–H groups in total. The highest BCUT2D eigenvalue weighted by molar-refractivity contribution is 9.09. The van der Waals surface area contributed by atoms with E-state index in [1.165, 1.54) is 0 Å². The lowest BCUT2D eigenvalue weighted by atomic mass is 9.70. The van der Waals surface area contributed by atoms with Crippen molar-refractivity contribution < 1.29 is 29.0 Å². The molecular weight excluding hydrogens is 590 g/mol. The van der Waals surface area contributed by atoms with Gasteiger partial charge in [0.25, 0.3) is 5.91 Å². The molecule has 2 amide bonds. The molecule has 4 rings (SSSR count). The van der Waals surface area contributed by atoms with Crippen LogP contribution < -0.4 is 9.80 Å². The number of unbranched alkanes of at least 4 members (excludes halogenated alkanes) is 3. The second kappa shape index (κ2) is 13.7. The molecule has 3 aliphatic rings. The fraction of sp³-hybridized carbons (Fsp3) is 0.645. The van der Waals surface area contributed by atoms with Gasteiger partial charge in [-0.2, -0.15) is 0 Å². The van der Waals surface area contributed by atoms with E-state index in [0.29, 0.717) is 31.5 Å². The van der Waals surface area contributed by atoms with Gasteiger partial charge in [-0.1, -0.05) is 34.8 Å². The topological polar surface area (TPSA) is 99.6 Å². The summed E-state index contributed by atoms with van der Waals surface area (Å²) in [6.45, 7) is 12.6. The van der Waals surface area contributed by atoms with Crippen molar-refractivity contribution in [3.05, 3.63) is 36.9 Å². The Kier molecular flexibility index (Phi) is 10.5. The van der Waals surface area contributed by atoms with E-state index in [9.17, 15) is 14.4 Å². The summed E-state index contributed by atoms with van der Waals surface area (Å²) in [7, 11) is 0. The molecule has 1 aromatic rings. The molecule has 2 bridgehead atoms. The Balaban J connectivity index is 1.71. The lowest BCUT2D eigenvalue weighted by Crippen LogP contribution is -2.57. The number of carbonyl (C=O) groups is 3. The Morgan fingerprint density at radius 1 is 1.15 bits per heavy atom. The van der Waals surface area contributed by atoms with Gasteiger partial charge >= 0.3 is 5.97 Å². The summed E-state index contributed by atoms with van der Waals surface area (Å²) >= 11 is 3.70. The molecule has 6 atom stereocenters. The highest BCUT2D eigenvalue weighted by atomic mass is 79.9. The van der Waals surface area contributed by atoms with Crippen molar-refractivity contribution in [2.75, 3.05) is 49.2 Å². The standard InChI is InChI=1S/C31H44BrN3O6/c1-5-17-34(22-15-13-21(14-16-22)33(6-2)7-3)29(38)27-31-20-23(32)26(41-31)24(30(39)40-8-4)25(31)28(37)35(27)18-11-9-10-12-19-36/h5,13-16,23-27,36H,1,6-12,17-20H2,2-4H3/t23?,24-,25+,26-,27?,31?/m1/s1.